The monoisotopic (exact) mass is 299 g/mol. The van der Waals surface area contributed by atoms with Gasteiger partial charge in [-0.2, -0.15) is 0 Å². The molecule has 2 rings (SSSR count). The van der Waals surface area contributed by atoms with Gasteiger partial charge in [-0.15, -0.1) is 0 Å². The fraction of sp³-hybridized carbons (Fsp3) is 0.429. The number of carbonyl (C=O) groups excluding carboxylic acids is 1. The van der Waals surface area contributed by atoms with Crippen LogP contribution in [-0.4, -0.2) is 35.7 Å². The van der Waals surface area contributed by atoms with Gasteiger partial charge in [0.15, 0.2) is 6.10 Å². The summed E-state index contributed by atoms with van der Waals surface area (Å²) in [5, 5.41) is 11.3. The molecule has 21 heavy (non-hydrogen) atoms. The first kappa shape index (κ1) is 15.4. The summed E-state index contributed by atoms with van der Waals surface area (Å²) in [5.41, 5.74) is -0.0893. The van der Waals surface area contributed by atoms with E-state index < -0.39 is 35.7 Å². The quantitative estimate of drug-likeness (QED) is 0.858. The van der Waals surface area contributed by atoms with Crippen LogP contribution in [0.5, 0.6) is 0 Å². The number of hydrogen-bond donors (Lipinski definition) is 2. The Labute approximate surface area is 119 Å². The Hall–Kier alpha value is -2.02. The Morgan fingerprint density at radius 2 is 1.86 bits per heavy atom. The van der Waals surface area contributed by atoms with Crippen molar-refractivity contribution in [3.05, 3.63) is 35.4 Å². The second-order valence-corrected chi connectivity index (χ2v) is 4.77. The fourth-order valence-electron chi connectivity index (χ4n) is 2.21. The van der Waals surface area contributed by atoms with Crippen LogP contribution in [0.15, 0.2) is 18.2 Å². The summed E-state index contributed by atoms with van der Waals surface area (Å²) in [5.74, 6) is -2.88. The molecule has 114 valence electrons. The van der Waals surface area contributed by atoms with Crippen LogP contribution >= 0.6 is 0 Å². The highest BCUT2D eigenvalue weighted by molar-refractivity contribution is 5.82. The maximum atomic E-state index is 13.4. The average molecular weight is 299 g/mol. The van der Waals surface area contributed by atoms with Crippen LogP contribution in [0.4, 0.5) is 8.78 Å². The van der Waals surface area contributed by atoms with E-state index in [2.05, 4.69) is 5.32 Å². The third-order valence-corrected chi connectivity index (χ3v) is 3.32. The number of hydrogen-bond acceptors (Lipinski definition) is 3. The van der Waals surface area contributed by atoms with Crippen LogP contribution in [0.3, 0.4) is 0 Å². The number of carbonyl (C=O) groups is 2. The Bertz CT molecular complexity index is 530. The van der Waals surface area contributed by atoms with Gasteiger partial charge >= 0.3 is 5.97 Å². The predicted octanol–water partition coefficient (Wildman–Crippen LogP) is 1.26. The van der Waals surface area contributed by atoms with Gasteiger partial charge < -0.3 is 15.2 Å². The van der Waals surface area contributed by atoms with Crippen molar-refractivity contribution in [1.82, 2.24) is 5.32 Å². The van der Waals surface area contributed by atoms with Crippen molar-refractivity contribution in [1.29, 1.82) is 0 Å². The largest absolute Gasteiger partial charge is 0.479 e. The molecule has 0 unspecified atom stereocenters. The van der Waals surface area contributed by atoms with E-state index in [9.17, 15) is 18.4 Å². The molecule has 0 saturated carbocycles. The second kappa shape index (κ2) is 6.62. The molecule has 2 N–H and O–H groups in total. The molecule has 2 atom stereocenters. The maximum absolute atomic E-state index is 13.4. The summed E-state index contributed by atoms with van der Waals surface area (Å²) >= 11 is 0. The van der Waals surface area contributed by atoms with E-state index in [1.807, 2.05) is 0 Å². The van der Waals surface area contributed by atoms with Gasteiger partial charge in [-0.3, -0.25) is 4.79 Å². The number of aliphatic carboxylic acids is 1. The van der Waals surface area contributed by atoms with Crippen molar-refractivity contribution in [3.8, 4) is 0 Å². The molecule has 0 aromatic heterocycles. The minimum Gasteiger partial charge on any atom is -0.479 e. The number of halogens is 2. The van der Waals surface area contributed by atoms with Crippen LogP contribution in [-0.2, 0) is 20.7 Å². The SMILES string of the molecule is O=C(NCCc1c(F)cccc1F)[C@@H]1CC[C@H](C(=O)O)O1. The van der Waals surface area contributed by atoms with E-state index in [1.54, 1.807) is 0 Å². The normalized spacial score (nSPS) is 21.2. The number of amides is 1. The molecule has 0 bridgehead atoms. The summed E-state index contributed by atoms with van der Waals surface area (Å²) in [7, 11) is 0. The van der Waals surface area contributed by atoms with Crippen molar-refractivity contribution in [2.45, 2.75) is 31.5 Å². The standard InChI is InChI=1S/C14H15F2NO4/c15-9-2-1-3-10(16)8(9)6-7-17-13(18)11-4-5-12(21-11)14(19)20/h1-3,11-12H,4-7H2,(H,17,18)(H,19,20)/t11-,12+/m0/s1. The van der Waals surface area contributed by atoms with Crippen LogP contribution in [0, 0.1) is 11.6 Å². The van der Waals surface area contributed by atoms with Gasteiger partial charge in [-0.05, 0) is 31.4 Å². The number of carboxylic acid groups (broad SMARTS) is 1. The van der Waals surface area contributed by atoms with Crippen molar-refractivity contribution in [2.75, 3.05) is 6.54 Å². The number of nitrogens with one attached hydrogen (secondary N) is 1. The van der Waals surface area contributed by atoms with E-state index in [4.69, 9.17) is 9.84 Å². The fourth-order valence-corrected chi connectivity index (χ4v) is 2.21. The van der Waals surface area contributed by atoms with Crippen molar-refractivity contribution in [2.24, 2.45) is 0 Å². The topological polar surface area (TPSA) is 75.6 Å². The molecule has 0 spiro atoms. The molecule has 1 heterocycles. The summed E-state index contributed by atoms with van der Waals surface area (Å²) in [4.78, 5) is 22.5. The molecule has 1 aromatic carbocycles. The molecule has 1 aliphatic rings. The highest BCUT2D eigenvalue weighted by Gasteiger charge is 2.34. The van der Waals surface area contributed by atoms with Gasteiger partial charge in [0.25, 0.3) is 0 Å². The van der Waals surface area contributed by atoms with Crippen molar-refractivity contribution >= 4 is 11.9 Å². The highest BCUT2D eigenvalue weighted by Crippen LogP contribution is 2.20. The third kappa shape index (κ3) is 3.75. The summed E-state index contributed by atoms with van der Waals surface area (Å²) in [6.45, 7) is 0.0499. The van der Waals surface area contributed by atoms with Crippen molar-refractivity contribution in [3.63, 3.8) is 0 Å². The molecule has 7 heteroatoms. The zero-order valence-corrected chi connectivity index (χ0v) is 11.1. The Kier molecular flexibility index (Phi) is 4.85. The molecule has 0 radical (unpaired) electrons. The van der Waals surface area contributed by atoms with E-state index in [0.717, 1.165) is 12.1 Å². The van der Waals surface area contributed by atoms with Crippen LogP contribution in [0.2, 0.25) is 0 Å². The molecular formula is C14H15F2NO4. The first-order valence-electron chi connectivity index (χ1n) is 6.58. The maximum Gasteiger partial charge on any atom is 0.332 e. The Morgan fingerprint density at radius 3 is 2.43 bits per heavy atom. The molecule has 1 aliphatic heterocycles. The lowest BCUT2D eigenvalue weighted by atomic mass is 10.1. The van der Waals surface area contributed by atoms with Gasteiger partial charge in [0, 0.05) is 12.1 Å². The van der Waals surface area contributed by atoms with Gasteiger partial charge in [0.2, 0.25) is 5.91 Å². The van der Waals surface area contributed by atoms with Crippen LogP contribution < -0.4 is 5.32 Å². The number of benzene rings is 1. The Balaban J connectivity index is 1.81. The second-order valence-electron chi connectivity index (χ2n) is 4.77. The lowest BCUT2D eigenvalue weighted by Gasteiger charge is -2.12. The van der Waals surface area contributed by atoms with E-state index >= 15 is 0 Å². The first-order valence-corrected chi connectivity index (χ1v) is 6.58. The third-order valence-electron chi connectivity index (χ3n) is 3.32. The minimum absolute atomic E-state index is 0.0132. The first-order chi connectivity index (χ1) is 9.99. The lowest BCUT2D eigenvalue weighted by molar-refractivity contribution is -0.151. The van der Waals surface area contributed by atoms with Crippen LogP contribution in [0.1, 0.15) is 18.4 Å². The number of rotatable bonds is 5. The van der Waals surface area contributed by atoms with Crippen LogP contribution in [0.25, 0.3) is 0 Å². The molecule has 1 aromatic rings. The average Bonchev–Trinajstić information content (AvgIpc) is 2.92. The molecule has 1 saturated heterocycles. The van der Waals surface area contributed by atoms with Gasteiger partial charge in [0.1, 0.15) is 17.7 Å². The summed E-state index contributed by atoms with van der Waals surface area (Å²) < 4.78 is 31.8. The van der Waals surface area contributed by atoms with E-state index in [0.29, 0.717) is 6.42 Å². The van der Waals surface area contributed by atoms with Gasteiger partial charge in [0.05, 0.1) is 0 Å². The molecule has 1 fully saturated rings. The lowest BCUT2D eigenvalue weighted by Crippen LogP contribution is -2.36. The zero-order chi connectivity index (χ0) is 15.4. The van der Waals surface area contributed by atoms with Gasteiger partial charge in [-0.1, -0.05) is 6.07 Å². The number of carboxylic acids is 1. The van der Waals surface area contributed by atoms with E-state index in [-0.39, 0.29) is 24.9 Å². The summed E-state index contributed by atoms with van der Waals surface area (Å²) in [6, 6.07) is 3.57. The Morgan fingerprint density at radius 1 is 1.24 bits per heavy atom. The molecular weight excluding hydrogens is 284 g/mol. The van der Waals surface area contributed by atoms with E-state index in [1.165, 1.54) is 6.07 Å². The zero-order valence-electron chi connectivity index (χ0n) is 11.1. The molecule has 5 nitrogen and oxygen atoms in total. The smallest absolute Gasteiger partial charge is 0.332 e. The summed E-state index contributed by atoms with van der Waals surface area (Å²) in [6.07, 6.45) is -1.19. The predicted molar refractivity (Wildman–Crippen MR) is 68.6 cm³/mol. The highest BCUT2D eigenvalue weighted by atomic mass is 19.1. The molecule has 1 amide bonds. The van der Waals surface area contributed by atoms with Crippen molar-refractivity contribution < 1.29 is 28.2 Å². The minimum atomic E-state index is -1.10. The van der Waals surface area contributed by atoms with Gasteiger partial charge in [-0.25, -0.2) is 13.6 Å². The molecule has 0 aliphatic carbocycles. The number of ether oxygens (including phenoxy) is 1.